The number of hydrogen-bond acceptors (Lipinski definition) is 1. The fraction of sp³-hybridized carbons (Fsp3) is 1.00. The van der Waals surface area contributed by atoms with Crippen LogP contribution in [0.2, 0.25) is 0 Å². The van der Waals surface area contributed by atoms with Gasteiger partial charge in [-0.2, -0.15) is 0 Å². The molecule has 1 fully saturated rings. The molecule has 8 heavy (non-hydrogen) atoms. The Hall–Kier alpha value is -0.0400. The Balaban J connectivity index is 1.83. The number of aliphatic hydroxyl groups excluding tert-OH is 1. The lowest BCUT2D eigenvalue weighted by Gasteiger charge is -1.92. The molecule has 0 spiro atoms. The third kappa shape index (κ3) is 2.31. The molecule has 1 saturated carbocycles. The summed E-state index contributed by atoms with van der Waals surface area (Å²) in [7, 11) is 0. The molecule has 1 aliphatic rings. The van der Waals surface area contributed by atoms with Gasteiger partial charge in [-0.1, -0.05) is 25.7 Å². The molecule has 1 N–H and O–H groups in total. The summed E-state index contributed by atoms with van der Waals surface area (Å²) in [6.45, 7) is 0.315. The van der Waals surface area contributed by atoms with Gasteiger partial charge < -0.3 is 5.11 Å². The quantitative estimate of drug-likeness (QED) is 0.553. The number of aliphatic hydroxyl groups is 1. The van der Waals surface area contributed by atoms with Gasteiger partial charge in [-0.3, -0.25) is 0 Å². The van der Waals surface area contributed by atoms with Crippen molar-refractivity contribution in [1.82, 2.24) is 0 Å². The number of hydrogen-bond donors (Lipinski definition) is 1. The molecule has 0 aromatic carbocycles. The Morgan fingerprint density at radius 3 is 2.88 bits per heavy atom. The highest BCUT2D eigenvalue weighted by Gasteiger charge is 2.19. The van der Waals surface area contributed by atoms with E-state index >= 15 is 0 Å². The van der Waals surface area contributed by atoms with Gasteiger partial charge in [-0.25, -0.2) is 0 Å². The molecule has 48 valence electrons. The third-order valence-corrected chi connectivity index (χ3v) is 1.55. The van der Waals surface area contributed by atoms with Crippen molar-refractivity contribution >= 4 is 0 Å². The van der Waals surface area contributed by atoms with Crippen molar-refractivity contribution in [2.45, 2.75) is 32.1 Å². The van der Waals surface area contributed by atoms with Gasteiger partial charge in [0.15, 0.2) is 0 Å². The monoisotopic (exact) mass is 116 g/mol. The highest BCUT2D eigenvalue weighted by molar-refractivity contribution is 4.72. The highest BCUT2D eigenvalue weighted by atomic mass is 16.2. The predicted octanol–water partition coefficient (Wildman–Crippen LogP) is 1.56. The molecule has 1 rings (SSSR count). The number of unbranched alkanes of at least 4 members (excludes halogenated alkanes) is 1. The van der Waals surface area contributed by atoms with Gasteiger partial charge in [0.25, 0.3) is 0 Å². The first-order valence-corrected chi connectivity index (χ1v) is 3.37. The summed E-state index contributed by atoms with van der Waals surface area (Å²) >= 11 is 0. The molecule has 0 amide bonds. The van der Waals surface area contributed by atoms with Crippen molar-refractivity contribution in [3.8, 4) is 0 Å². The van der Waals surface area contributed by atoms with Gasteiger partial charge in [0.2, 0.25) is 0 Å². The van der Waals surface area contributed by atoms with Crippen molar-refractivity contribution in [3.05, 3.63) is 0 Å². The molecule has 1 nitrogen and oxygen atoms in total. The molecule has 0 aromatic rings. The van der Waals surface area contributed by atoms with E-state index < -0.39 is 0 Å². The first-order chi connectivity index (χ1) is 4.34. The average Bonchev–Trinajstić information content (AvgIpc) is 2.48. The first kappa shape index (κ1) is 4.80. The minimum Gasteiger partial charge on any atom is -0.396 e. The van der Waals surface area contributed by atoms with Crippen LogP contribution < -0.4 is 0 Å². The summed E-state index contributed by atoms with van der Waals surface area (Å²) in [5.74, 6) is 0.677. The van der Waals surface area contributed by atoms with Crippen molar-refractivity contribution in [3.63, 3.8) is 0 Å². The number of rotatable bonds is 4. The van der Waals surface area contributed by atoms with Crippen molar-refractivity contribution in [1.29, 1.82) is 0 Å². The van der Waals surface area contributed by atoms with Gasteiger partial charge in [0, 0.05) is 7.98 Å². The topological polar surface area (TPSA) is 20.2 Å². The van der Waals surface area contributed by atoms with Gasteiger partial charge >= 0.3 is 0 Å². The Bertz CT molecular complexity index is 85.0. The lowest BCUT2D eigenvalue weighted by atomic mass is 10.2. The van der Waals surface area contributed by atoms with E-state index in [1.54, 1.807) is 0 Å². The Kier molecular flexibility index (Phi) is 1.85. The van der Waals surface area contributed by atoms with Crippen molar-refractivity contribution in [2.75, 3.05) is 6.61 Å². The van der Waals surface area contributed by atoms with Crippen LogP contribution in [-0.2, 0) is 0 Å². The third-order valence-electron chi connectivity index (χ3n) is 1.55. The largest absolute Gasteiger partial charge is 0.396 e. The van der Waals surface area contributed by atoms with Crippen LogP contribution in [0, 0.1) is 5.92 Å². The summed E-state index contributed by atoms with van der Waals surface area (Å²) in [4.78, 5) is 0. The van der Waals surface area contributed by atoms with Crippen LogP contribution in [0.5, 0.6) is 0 Å². The summed E-state index contributed by atoms with van der Waals surface area (Å²) in [5.41, 5.74) is 0. The van der Waals surface area contributed by atoms with Gasteiger partial charge in [-0.15, -0.1) is 0 Å². The molecular formula is C7H14O. The predicted molar refractivity (Wildman–Crippen MR) is 33.7 cm³/mol. The maximum Gasteiger partial charge on any atom is 0.0431 e. The zero-order chi connectivity index (χ0) is 6.69. The normalized spacial score (nSPS) is 36.9. The van der Waals surface area contributed by atoms with Gasteiger partial charge in [-0.05, 0) is 12.3 Å². The van der Waals surface area contributed by atoms with Crippen LogP contribution in [0.25, 0.3) is 0 Å². The maximum absolute atomic E-state index is 8.42. The fourth-order valence-corrected chi connectivity index (χ4v) is 0.850. The Morgan fingerprint density at radius 2 is 2.38 bits per heavy atom. The maximum atomic E-state index is 8.42. The van der Waals surface area contributed by atoms with Crippen LogP contribution in [-0.4, -0.2) is 11.7 Å². The second-order valence-electron chi connectivity index (χ2n) is 2.45. The SMILES string of the molecule is [3H]C1CC1CCCCO. The average molecular weight is 116 g/mol. The molecule has 0 saturated heterocycles. The van der Waals surface area contributed by atoms with E-state index in [0.717, 1.165) is 25.7 Å². The summed E-state index contributed by atoms with van der Waals surface area (Å²) in [6.07, 6.45) is 4.53. The van der Waals surface area contributed by atoms with E-state index in [1.807, 2.05) is 0 Å². The summed E-state index contributed by atoms with van der Waals surface area (Å²) < 4.78 is 7.22. The van der Waals surface area contributed by atoms with E-state index in [2.05, 4.69) is 0 Å². The smallest absolute Gasteiger partial charge is 0.0431 e. The minimum atomic E-state index is 0.240. The van der Waals surface area contributed by atoms with Crippen molar-refractivity contribution < 1.29 is 6.48 Å². The van der Waals surface area contributed by atoms with Crippen molar-refractivity contribution in [2.24, 2.45) is 5.92 Å². The molecule has 2 atom stereocenters. The second-order valence-corrected chi connectivity index (χ2v) is 2.45. The standard InChI is InChI=1S/C7H14O/c8-6-2-1-3-7-4-5-7/h7-8H,1-6H2/i4T. The van der Waals surface area contributed by atoms with E-state index in [0.29, 0.717) is 12.5 Å². The second kappa shape index (κ2) is 3.08. The Morgan fingerprint density at radius 1 is 1.62 bits per heavy atom. The lowest BCUT2D eigenvalue weighted by molar-refractivity contribution is 0.282. The van der Waals surface area contributed by atoms with Crippen LogP contribution in [0.15, 0.2) is 0 Å². The molecule has 0 bridgehead atoms. The van der Waals surface area contributed by atoms with Crippen LogP contribution >= 0.6 is 0 Å². The van der Waals surface area contributed by atoms with Crippen LogP contribution in [0.1, 0.15) is 33.5 Å². The van der Waals surface area contributed by atoms with Gasteiger partial charge in [0.05, 0.1) is 0 Å². The summed E-state index contributed by atoms with van der Waals surface area (Å²) in [6, 6.07) is 0. The van der Waals surface area contributed by atoms with Gasteiger partial charge in [0.1, 0.15) is 0 Å². The molecular weight excluding hydrogens is 100 g/mol. The zero-order valence-electron chi connectivity index (χ0n) is 6.14. The molecule has 2 unspecified atom stereocenters. The van der Waals surface area contributed by atoms with E-state index in [9.17, 15) is 0 Å². The van der Waals surface area contributed by atoms with Crippen LogP contribution in [0.3, 0.4) is 0 Å². The first-order valence-electron chi connectivity index (χ1n) is 3.95. The fourth-order valence-electron chi connectivity index (χ4n) is 0.850. The zero-order valence-corrected chi connectivity index (χ0v) is 5.14. The molecule has 1 heteroatoms. The van der Waals surface area contributed by atoms with E-state index in [4.69, 9.17) is 6.48 Å². The van der Waals surface area contributed by atoms with Crippen LogP contribution in [0.4, 0.5) is 0 Å². The molecule has 0 aromatic heterocycles. The summed E-state index contributed by atoms with van der Waals surface area (Å²) in [5, 5.41) is 8.42. The minimum absolute atomic E-state index is 0.240. The molecule has 0 radical (unpaired) electrons. The lowest BCUT2D eigenvalue weighted by Crippen LogP contribution is -1.83. The van der Waals surface area contributed by atoms with E-state index in [1.165, 1.54) is 0 Å². The van der Waals surface area contributed by atoms with E-state index in [-0.39, 0.29) is 6.40 Å². The molecule has 0 heterocycles. The molecule has 0 aliphatic heterocycles. The molecule has 1 aliphatic carbocycles. The highest BCUT2D eigenvalue weighted by Crippen LogP contribution is 2.33. The Labute approximate surface area is 52.1 Å².